The molecule has 0 saturated carbocycles. The molecular formula is C21H26N6O2. The highest BCUT2D eigenvalue weighted by Gasteiger charge is 2.29. The van der Waals surface area contributed by atoms with Crippen LogP contribution >= 0.6 is 0 Å². The maximum Gasteiger partial charge on any atom is 0.257 e. The molecule has 8 heteroatoms. The second-order valence-electron chi connectivity index (χ2n) is 7.59. The van der Waals surface area contributed by atoms with Crippen molar-refractivity contribution in [3.8, 4) is 11.4 Å². The van der Waals surface area contributed by atoms with E-state index in [1.807, 2.05) is 50.1 Å². The fourth-order valence-corrected chi connectivity index (χ4v) is 3.57. The zero-order chi connectivity index (χ0) is 20.5. The lowest BCUT2D eigenvalue weighted by Gasteiger charge is -2.36. The van der Waals surface area contributed by atoms with E-state index in [9.17, 15) is 4.79 Å². The van der Waals surface area contributed by atoms with E-state index >= 15 is 0 Å². The number of benzene rings is 1. The lowest BCUT2D eigenvalue weighted by atomic mass is 10.1. The Labute approximate surface area is 170 Å². The van der Waals surface area contributed by atoms with E-state index in [0.29, 0.717) is 30.4 Å². The average Bonchev–Trinajstić information content (AvgIpc) is 3.35. The minimum absolute atomic E-state index is 0.000853. The number of carbonyl (C=O) groups is 1. The SMILES string of the molecule is Cc1ccc(-c2noc(C(C)N3CCN(C(=O)c4cnn(C)c4C)CC3)n2)cc1. The predicted molar refractivity (Wildman–Crippen MR) is 108 cm³/mol. The van der Waals surface area contributed by atoms with Crippen molar-refractivity contribution in [2.45, 2.75) is 26.8 Å². The Morgan fingerprint density at radius 2 is 1.79 bits per heavy atom. The van der Waals surface area contributed by atoms with E-state index in [2.05, 4.69) is 27.1 Å². The summed E-state index contributed by atoms with van der Waals surface area (Å²) in [5, 5.41) is 8.32. The van der Waals surface area contributed by atoms with Gasteiger partial charge in [0, 0.05) is 44.5 Å². The lowest BCUT2D eigenvalue weighted by molar-refractivity contribution is 0.0551. The first-order valence-electron chi connectivity index (χ1n) is 9.86. The molecule has 152 valence electrons. The van der Waals surface area contributed by atoms with E-state index < -0.39 is 0 Å². The first kappa shape index (κ1) is 19.3. The first-order valence-corrected chi connectivity index (χ1v) is 9.86. The summed E-state index contributed by atoms with van der Waals surface area (Å²) in [6.45, 7) is 8.87. The van der Waals surface area contributed by atoms with Crippen molar-refractivity contribution in [2.75, 3.05) is 26.2 Å². The molecule has 29 heavy (non-hydrogen) atoms. The number of piperazine rings is 1. The summed E-state index contributed by atoms with van der Waals surface area (Å²) < 4.78 is 7.26. The number of carbonyl (C=O) groups excluding carboxylic acids is 1. The van der Waals surface area contributed by atoms with Gasteiger partial charge in [0.2, 0.25) is 11.7 Å². The Morgan fingerprint density at radius 3 is 2.41 bits per heavy atom. The molecule has 1 fully saturated rings. The molecule has 8 nitrogen and oxygen atoms in total. The minimum atomic E-state index is -0.000853. The van der Waals surface area contributed by atoms with Crippen LogP contribution in [0.1, 0.15) is 40.5 Å². The Balaban J connectivity index is 1.39. The second-order valence-corrected chi connectivity index (χ2v) is 7.59. The quantitative estimate of drug-likeness (QED) is 0.677. The Morgan fingerprint density at radius 1 is 1.10 bits per heavy atom. The summed E-state index contributed by atoms with van der Waals surface area (Å²) >= 11 is 0. The molecule has 1 aromatic carbocycles. The van der Waals surface area contributed by atoms with Crippen molar-refractivity contribution in [1.29, 1.82) is 0 Å². The van der Waals surface area contributed by atoms with E-state index in [1.54, 1.807) is 10.9 Å². The fraction of sp³-hybridized carbons (Fsp3) is 0.429. The maximum absolute atomic E-state index is 12.8. The summed E-state index contributed by atoms with van der Waals surface area (Å²) in [5.74, 6) is 1.25. The van der Waals surface area contributed by atoms with Gasteiger partial charge in [-0.15, -0.1) is 0 Å². The molecule has 0 radical (unpaired) electrons. The number of hydrogen-bond acceptors (Lipinski definition) is 6. The Bertz CT molecular complexity index is 999. The van der Waals surface area contributed by atoms with Gasteiger partial charge in [0.15, 0.2) is 0 Å². The highest BCUT2D eigenvalue weighted by atomic mass is 16.5. The summed E-state index contributed by atoms with van der Waals surface area (Å²) in [4.78, 5) is 21.5. The van der Waals surface area contributed by atoms with Gasteiger partial charge in [0.1, 0.15) is 0 Å². The zero-order valence-corrected chi connectivity index (χ0v) is 17.3. The molecule has 1 unspecified atom stereocenters. The molecule has 3 aromatic rings. The standard InChI is InChI=1S/C21H26N6O2/c1-14-5-7-17(8-6-14)19-23-20(29-24-19)16(3)26-9-11-27(12-10-26)21(28)18-13-22-25(4)15(18)2/h5-8,13,16H,9-12H2,1-4H3. The largest absolute Gasteiger partial charge is 0.337 e. The van der Waals surface area contributed by atoms with Crippen LogP contribution < -0.4 is 0 Å². The van der Waals surface area contributed by atoms with Crippen LogP contribution in [0.25, 0.3) is 11.4 Å². The van der Waals surface area contributed by atoms with Gasteiger partial charge in [-0.05, 0) is 20.8 Å². The Hall–Kier alpha value is -3.00. The van der Waals surface area contributed by atoms with Crippen molar-refractivity contribution >= 4 is 5.91 Å². The van der Waals surface area contributed by atoms with Crippen molar-refractivity contribution < 1.29 is 9.32 Å². The normalized spacial score (nSPS) is 16.2. The molecule has 0 N–H and O–H groups in total. The number of hydrogen-bond donors (Lipinski definition) is 0. The molecule has 1 saturated heterocycles. The highest BCUT2D eigenvalue weighted by molar-refractivity contribution is 5.95. The van der Waals surface area contributed by atoms with Crippen LogP contribution in [0.4, 0.5) is 0 Å². The minimum Gasteiger partial charge on any atom is -0.337 e. The van der Waals surface area contributed by atoms with Crippen molar-refractivity contribution in [3.63, 3.8) is 0 Å². The number of nitrogens with zero attached hydrogens (tertiary/aromatic N) is 6. The van der Waals surface area contributed by atoms with Gasteiger partial charge >= 0.3 is 0 Å². The van der Waals surface area contributed by atoms with Crippen LogP contribution in [0.2, 0.25) is 0 Å². The van der Waals surface area contributed by atoms with E-state index in [-0.39, 0.29) is 11.9 Å². The smallest absolute Gasteiger partial charge is 0.257 e. The van der Waals surface area contributed by atoms with Crippen LogP contribution in [0.15, 0.2) is 35.0 Å². The predicted octanol–water partition coefficient (Wildman–Crippen LogP) is 2.61. The molecule has 1 amide bonds. The van der Waals surface area contributed by atoms with Crippen molar-refractivity contribution in [2.24, 2.45) is 7.05 Å². The van der Waals surface area contributed by atoms with Crippen molar-refractivity contribution in [1.82, 2.24) is 29.7 Å². The van der Waals surface area contributed by atoms with Gasteiger partial charge in [0.05, 0.1) is 17.8 Å². The van der Waals surface area contributed by atoms with Gasteiger partial charge < -0.3 is 9.42 Å². The highest BCUT2D eigenvalue weighted by Crippen LogP contribution is 2.24. The third-order valence-corrected chi connectivity index (χ3v) is 5.72. The lowest BCUT2D eigenvalue weighted by Crippen LogP contribution is -2.49. The number of rotatable bonds is 4. The van der Waals surface area contributed by atoms with E-state index in [1.165, 1.54) is 5.56 Å². The van der Waals surface area contributed by atoms with Crippen LogP contribution in [-0.2, 0) is 7.05 Å². The zero-order valence-electron chi connectivity index (χ0n) is 17.3. The first-order chi connectivity index (χ1) is 13.9. The van der Waals surface area contributed by atoms with E-state index in [0.717, 1.165) is 24.3 Å². The molecule has 1 aliphatic heterocycles. The number of aryl methyl sites for hydroxylation is 2. The summed E-state index contributed by atoms with van der Waals surface area (Å²) in [6, 6.07) is 8.07. The summed E-state index contributed by atoms with van der Waals surface area (Å²) in [7, 11) is 1.85. The van der Waals surface area contributed by atoms with Crippen LogP contribution in [0.3, 0.4) is 0 Å². The van der Waals surface area contributed by atoms with E-state index in [4.69, 9.17) is 4.52 Å². The van der Waals surface area contributed by atoms with Crippen LogP contribution in [-0.4, -0.2) is 61.8 Å². The molecule has 4 rings (SSSR count). The topological polar surface area (TPSA) is 80.3 Å². The second kappa shape index (κ2) is 7.79. The maximum atomic E-state index is 12.8. The molecule has 0 spiro atoms. The third-order valence-electron chi connectivity index (χ3n) is 5.72. The monoisotopic (exact) mass is 394 g/mol. The average molecular weight is 394 g/mol. The van der Waals surface area contributed by atoms with Crippen LogP contribution in [0.5, 0.6) is 0 Å². The van der Waals surface area contributed by atoms with Gasteiger partial charge in [-0.1, -0.05) is 35.0 Å². The summed E-state index contributed by atoms with van der Waals surface area (Å²) in [5.41, 5.74) is 3.70. The molecule has 0 bridgehead atoms. The number of aromatic nitrogens is 4. The molecule has 0 aliphatic carbocycles. The fourth-order valence-electron chi connectivity index (χ4n) is 3.57. The molecule has 1 atom stereocenters. The van der Waals surface area contributed by atoms with Gasteiger partial charge in [-0.2, -0.15) is 10.1 Å². The molecular weight excluding hydrogens is 368 g/mol. The summed E-state index contributed by atoms with van der Waals surface area (Å²) in [6.07, 6.45) is 1.65. The van der Waals surface area contributed by atoms with Gasteiger partial charge in [0.25, 0.3) is 5.91 Å². The van der Waals surface area contributed by atoms with Gasteiger partial charge in [-0.3, -0.25) is 14.4 Å². The van der Waals surface area contributed by atoms with Crippen molar-refractivity contribution in [3.05, 3.63) is 53.2 Å². The van der Waals surface area contributed by atoms with Gasteiger partial charge in [-0.25, -0.2) is 0 Å². The Kier molecular flexibility index (Phi) is 5.19. The van der Waals surface area contributed by atoms with Crippen LogP contribution in [0, 0.1) is 13.8 Å². The molecule has 3 heterocycles. The third kappa shape index (κ3) is 3.80. The molecule has 1 aliphatic rings. The number of amides is 1. The molecule has 2 aromatic heterocycles.